The van der Waals surface area contributed by atoms with E-state index < -0.39 is 0 Å². The molecule has 0 spiro atoms. The van der Waals surface area contributed by atoms with Crippen molar-refractivity contribution in [2.24, 2.45) is 0 Å². The summed E-state index contributed by atoms with van der Waals surface area (Å²) in [4.78, 5) is 43.9. The van der Waals surface area contributed by atoms with Gasteiger partial charge in [0.2, 0.25) is 0 Å². The van der Waals surface area contributed by atoms with E-state index in [0.29, 0.717) is 19.4 Å². The van der Waals surface area contributed by atoms with Crippen molar-refractivity contribution in [3.05, 3.63) is 102 Å². The van der Waals surface area contributed by atoms with Crippen LogP contribution in [0.15, 0.2) is 42.5 Å². The fourth-order valence-electron chi connectivity index (χ4n) is 8.34. The van der Waals surface area contributed by atoms with Gasteiger partial charge in [0.05, 0.1) is 31.0 Å². The summed E-state index contributed by atoms with van der Waals surface area (Å²) in [7, 11) is 1.42. The highest BCUT2D eigenvalue weighted by molar-refractivity contribution is 14.1. The number of ketones is 1. The van der Waals surface area contributed by atoms with Crippen LogP contribution >= 0.6 is 22.6 Å². The number of nitrogens with one attached hydrogen (secondary N) is 2. The molecule has 0 radical (unpaired) electrons. The maximum atomic E-state index is 13.6. The number of nitrogens with zero attached hydrogens (tertiary/aromatic N) is 2. The van der Waals surface area contributed by atoms with Crippen molar-refractivity contribution in [1.29, 1.82) is 0 Å². The van der Waals surface area contributed by atoms with Gasteiger partial charge in [-0.1, -0.05) is 32.9 Å². The van der Waals surface area contributed by atoms with Crippen LogP contribution in [-0.4, -0.2) is 38.8 Å². The molecular weight excluding hydrogens is 736 g/mol. The van der Waals surface area contributed by atoms with Crippen LogP contribution in [0.3, 0.4) is 0 Å². The Morgan fingerprint density at radius 2 is 1.66 bits per heavy atom. The zero-order chi connectivity index (χ0) is 35.4. The number of Topliss-reactive ketones (excluding diaryl/α,β-unsaturated/α-hetero) is 1. The summed E-state index contributed by atoms with van der Waals surface area (Å²) in [5, 5.41) is 0. The van der Waals surface area contributed by atoms with Crippen molar-refractivity contribution in [2.45, 2.75) is 104 Å². The van der Waals surface area contributed by atoms with E-state index in [4.69, 9.17) is 19.4 Å². The van der Waals surface area contributed by atoms with Crippen molar-refractivity contribution in [2.75, 3.05) is 7.11 Å². The predicted molar refractivity (Wildman–Crippen MR) is 205 cm³/mol. The first-order valence-corrected chi connectivity index (χ1v) is 18.8. The predicted octanol–water partition coefficient (Wildman–Crippen LogP) is 9.69. The Morgan fingerprint density at radius 1 is 0.960 bits per heavy atom. The fraction of sp³-hybridized carbons (Fsp3) is 0.415. The number of benzene rings is 1. The van der Waals surface area contributed by atoms with Crippen LogP contribution < -0.4 is 0 Å². The number of methoxy groups -OCH3 is 1. The average Bonchev–Trinajstić information content (AvgIpc) is 3.85. The molecule has 8 bridgehead atoms. The van der Waals surface area contributed by atoms with Crippen LogP contribution in [0.2, 0.25) is 0 Å². The Morgan fingerprint density at radius 3 is 2.40 bits per heavy atom. The molecule has 9 heteroatoms. The van der Waals surface area contributed by atoms with E-state index in [0.717, 1.165) is 84.6 Å². The normalized spacial score (nSPS) is 20.4. The van der Waals surface area contributed by atoms with Crippen LogP contribution in [0.1, 0.15) is 138 Å². The molecule has 5 atom stereocenters. The first-order chi connectivity index (χ1) is 24.0. The molecule has 260 valence electrons. The third-order valence-electron chi connectivity index (χ3n) is 11.3. The van der Waals surface area contributed by atoms with Gasteiger partial charge in [0.15, 0.2) is 5.78 Å². The number of carbonyl (C=O) groups is 2. The molecule has 4 aromatic rings. The summed E-state index contributed by atoms with van der Waals surface area (Å²) >= 11 is 2.34. The van der Waals surface area contributed by atoms with Gasteiger partial charge >= 0.3 is 5.97 Å². The van der Waals surface area contributed by atoms with E-state index in [-0.39, 0.29) is 47.9 Å². The Kier molecular flexibility index (Phi) is 9.49. The molecular formula is C41H45IN4O4. The van der Waals surface area contributed by atoms with Gasteiger partial charge in [-0.25, -0.2) is 0 Å². The Labute approximate surface area is 307 Å². The summed E-state index contributed by atoms with van der Waals surface area (Å²) in [5.74, 6) is 0.295. The summed E-state index contributed by atoms with van der Waals surface area (Å²) in [6, 6.07) is 14.9. The first-order valence-electron chi connectivity index (χ1n) is 17.7. The number of H-pyrrole nitrogens is 2. The molecule has 50 heavy (non-hydrogen) atoms. The minimum absolute atomic E-state index is 0.0215. The molecule has 8 nitrogen and oxygen atoms in total. The van der Waals surface area contributed by atoms with E-state index in [2.05, 4.69) is 110 Å². The van der Waals surface area contributed by atoms with E-state index in [1.54, 1.807) is 0 Å². The lowest BCUT2D eigenvalue weighted by atomic mass is 9.85. The van der Waals surface area contributed by atoms with Crippen LogP contribution in [0.5, 0.6) is 0 Å². The fourth-order valence-corrected chi connectivity index (χ4v) is 8.95. The van der Waals surface area contributed by atoms with Crippen molar-refractivity contribution >= 4 is 56.4 Å². The number of rotatable bonds is 8. The summed E-state index contributed by atoms with van der Waals surface area (Å²) in [6.07, 6.45) is 1.92. The second kappa shape index (κ2) is 13.7. The molecule has 1 aliphatic carbocycles. The van der Waals surface area contributed by atoms with E-state index in [1.807, 2.05) is 6.92 Å². The molecule has 3 unspecified atom stereocenters. The molecule has 5 heterocycles. The van der Waals surface area contributed by atoms with Gasteiger partial charge in [-0.2, -0.15) is 0 Å². The number of esters is 1. The highest BCUT2D eigenvalue weighted by Gasteiger charge is 2.36. The topological polar surface area (TPSA) is 110 Å². The van der Waals surface area contributed by atoms with Crippen molar-refractivity contribution < 1.29 is 19.1 Å². The van der Waals surface area contributed by atoms with Crippen LogP contribution in [0.25, 0.3) is 22.1 Å². The van der Waals surface area contributed by atoms with Crippen molar-refractivity contribution in [1.82, 2.24) is 19.9 Å². The zero-order valence-electron chi connectivity index (χ0n) is 29.9. The molecule has 0 saturated carbocycles. The molecule has 0 amide bonds. The number of hydrogen-bond donors (Lipinski definition) is 2. The lowest BCUT2D eigenvalue weighted by Crippen LogP contribution is -2.09. The highest BCUT2D eigenvalue weighted by atomic mass is 124. The van der Waals surface area contributed by atoms with Crippen molar-refractivity contribution in [3.8, 4) is 0 Å². The number of aromatic nitrogens is 4. The molecule has 7 rings (SSSR count). The monoisotopic (exact) mass is 781 g/mol. The van der Waals surface area contributed by atoms with Crippen molar-refractivity contribution in [3.63, 3.8) is 0 Å². The number of halogens is 1. The van der Waals surface area contributed by atoms with Crippen LogP contribution in [0, 0.1) is 17.4 Å². The number of carbonyl (C=O) groups excluding carboxylic acids is 2. The summed E-state index contributed by atoms with van der Waals surface area (Å²) in [6.45, 7) is 13.4. The van der Waals surface area contributed by atoms with Crippen LogP contribution in [-0.2, 0) is 27.3 Å². The van der Waals surface area contributed by atoms with Gasteiger partial charge in [-0.15, -0.1) is 0 Å². The maximum Gasteiger partial charge on any atom is 0.305 e. The number of fused-ring (bicyclic) bond motifs is 8. The highest BCUT2D eigenvalue weighted by Crippen LogP contribution is 2.45. The quantitative estimate of drug-likeness (QED) is 0.136. The Balaban J connectivity index is 1.48. The Bertz CT molecular complexity index is 2180. The SMILES string of the molecule is CCC1c2cc3[nH]c4c(c5nc(cc6[nH]c(cc(n2)C1C)c(C(C)OCc1cccc([124I])c1)c6C)[C@H](C)[C@@H]5CCC(=O)OC)CC(=O)c4c3C. The number of aryl methyl sites for hydroxylation is 2. The molecule has 1 aromatic carbocycles. The van der Waals surface area contributed by atoms with Gasteiger partial charge in [-0.3, -0.25) is 19.6 Å². The van der Waals surface area contributed by atoms with E-state index in [9.17, 15) is 9.59 Å². The molecule has 2 aliphatic heterocycles. The number of hydrogen-bond acceptors (Lipinski definition) is 6. The molecule has 3 aromatic heterocycles. The third-order valence-corrected chi connectivity index (χ3v) is 11.9. The van der Waals surface area contributed by atoms with Crippen LogP contribution in [0.4, 0.5) is 0 Å². The van der Waals surface area contributed by atoms with Gasteiger partial charge in [0.25, 0.3) is 0 Å². The zero-order valence-corrected chi connectivity index (χ0v) is 32.0. The smallest absolute Gasteiger partial charge is 0.305 e. The van der Waals surface area contributed by atoms with E-state index in [1.165, 1.54) is 10.7 Å². The molecule has 3 aliphatic rings. The average molecular weight is 782 g/mol. The number of ether oxygens (including phenoxy) is 2. The first kappa shape index (κ1) is 34.6. The third kappa shape index (κ3) is 6.10. The molecule has 2 N–H and O–H groups in total. The second-order valence-corrected chi connectivity index (χ2v) is 15.4. The standard InChI is InChI=1S/C41H45IN4O4/c1-8-27-20(2)30-18-35-38(24(6)50-19-25-10-9-11-26(42)14-25)22(4)32(44-35)16-31-21(3)28(12-13-37(48)49-7)40(45-31)29-15-36(47)39-23(5)33(46-41(29)39)17-34(27)43-30/h9-11,14,16-18,20-21,24,27-28,44,46H,8,12-13,15,19H2,1-7H3/t20?,21-,24?,27?,28+/m1/s1/i42-3. The summed E-state index contributed by atoms with van der Waals surface area (Å²) < 4.78 is 12.8. The van der Waals surface area contributed by atoms with Gasteiger partial charge in [-0.05, 0) is 103 Å². The minimum Gasteiger partial charge on any atom is -0.469 e. The second-order valence-electron chi connectivity index (χ2n) is 14.2. The van der Waals surface area contributed by atoms with Gasteiger partial charge < -0.3 is 19.4 Å². The molecule has 0 saturated heterocycles. The minimum atomic E-state index is -0.245. The lowest BCUT2D eigenvalue weighted by molar-refractivity contribution is -0.140. The van der Waals surface area contributed by atoms with Gasteiger partial charge in [0, 0.05) is 90.4 Å². The maximum absolute atomic E-state index is 13.6. The Hall–Kier alpha value is -3.83. The van der Waals surface area contributed by atoms with E-state index >= 15 is 0 Å². The lowest BCUT2D eigenvalue weighted by Gasteiger charge is -2.16. The molecule has 0 fully saturated rings. The van der Waals surface area contributed by atoms with Gasteiger partial charge in [0.1, 0.15) is 0 Å². The summed E-state index contributed by atoms with van der Waals surface area (Å²) in [5.41, 5.74) is 13.6. The largest absolute Gasteiger partial charge is 0.469 e. The number of aromatic amines is 2.